The summed E-state index contributed by atoms with van der Waals surface area (Å²) in [5.41, 5.74) is 0. The summed E-state index contributed by atoms with van der Waals surface area (Å²) in [4.78, 5) is 20.4. The summed E-state index contributed by atoms with van der Waals surface area (Å²) in [6.07, 6.45) is 14.6. The van der Waals surface area contributed by atoms with Crippen molar-refractivity contribution in [2.75, 3.05) is 6.61 Å². The molecule has 0 fully saturated rings. The fourth-order valence-corrected chi connectivity index (χ4v) is 2.47. The van der Waals surface area contributed by atoms with Gasteiger partial charge in [-0.15, -0.1) is 0 Å². The molecule has 0 aliphatic rings. The normalized spacial score (nSPS) is 11.3. The van der Waals surface area contributed by atoms with Crippen molar-refractivity contribution >= 4 is 59.2 Å². The molecule has 0 amide bonds. The van der Waals surface area contributed by atoms with Gasteiger partial charge in [0, 0.05) is 51.4 Å². The zero-order valence-corrected chi connectivity index (χ0v) is 17.3. The van der Waals surface area contributed by atoms with Crippen molar-refractivity contribution in [1.82, 2.24) is 0 Å². The van der Waals surface area contributed by atoms with Crippen LogP contribution in [0, 0.1) is 0 Å². The average molecular weight is 331 g/mol. The van der Waals surface area contributed by atoms with E-state index in [0.717, 1.165) is 12.8 Å². The van der Waals surface area contributed by atoms with Gasteiger partial charge in [-0.3, -0.25) is 0 Å². The van der Waals surface area contributed by atoms with E-state index in [-0.39, 0.29) is 58.0 Å². The summed E-state index contributed by atoms with van der Waals surface area (Å²) < 4.78 is 14.3. The topological polar surface area (TPSA) is 72.4 Å². The quantitative estimate of drug-likeness (QED) is 0.278. The first-order valence-electron chi connectivity index (χ1n) is 7.73. The van der Waals surface area contributed by atoms with Crippen LogP contribution in [-0.2, 0) is 9.09 Å². The second-order valence-electron chi connectivity index (χ2n) is 5.17. The van der Waals surface area contributed by atoms with E-state index >= 15 is 0 Å². The summed E-state index contributed by atoms with van der Waals surface area (Å²) in [5, 5.41) is 0. The van der Waals surface area contributed by atoms with Gasteiger partial charge in [0.25, 0.3) is 0 Å². The van der Waals surface area contributed by atoms with Crippen molar-refractivity contribution in [3.05, 3.63) is 0 Å². The Kier molecular flexibility index (Phi) is 20.5. The minimum atomic E-state index is -4.75. The maximum Gasteiger partial charge on any atom is 0.0596 e. The Bertz CT molecular complexity index is 233. The average Bonchev–Trinajstić information content (AvgIpc) is 2.34. The summed E-state index contributed by atoms with van der Waals surface area (Å²) in [6, 6.07) is 0. The Balaban J connectivity index is 0. The molecule has 4 nitrogen and oxygen atoms in total. The molecule has 0 aromatic carbocycles. The summed E-state index contributed by atoms with van der Waals surface area (Å²) in [5.74, 6) is 0. The van der Waals surface area contributed by atoms with Crippen molar-refractivity contribution in [1.29, 1.82) is 0 Å². The molecule has 1 radical (unpaired) electrons. The summed E-state index contributed by atoms with van der Waals surface area (Å²) in [7, 11) is -4.75. The van der Waals surface area contributed by atoms with Gasteiger partial charge in [0.15, 0.2) is 0 Å². The molecule has 0 spiro atoms. The molecule has 0 aromatic rings. The van der Waals surface area contributed by atoms with E-state index in [1.165, 1.54) is 57.8 Å². The molecule has 20 heavy (non-hydrogen) atoms. The monoisotopic (exact) mass is 331 g/mol. The molecule has 0 rings (SSSR count). The van der Waals surface area contributed by atoms with Crippen LogP contribution in [0.4, 0.5) is 0 Å². The smallest absolute Gasteiger partial charge is 0.0596 e. The predicted octanol–water partition coefficient (Wildman–Crippen LogP) is 3.15. The number of hydrogen-bond donors (Lipinski definition) is 0. The second-order valence-corrected chi connectivity index (χ2v) is 6.32. The third kappa shape index (κ3) is 22.0. The third-order valence-corrected chi connectivity index (χ3v) is 3.75. The Morgan fingerprint density at radius 1 is 0.750 bits per heavy atom. The van der Waals surface area contributed by atoms with Gasteiger partial charge >= 0.3 is 0 Å². The SMILES string of the molecule is CCCCCCCCCCCCCCOP(=O)([O-])[O-].[K]. The Hall–Kier alpha value is 1.75. The Morgan fingerprint density at radius 3 is 1.45 bits per heavy atom. The molecule has 0 saturated heterocycles. The van der Waals surface area contributed by atoms with Gasteiger partial charge in [-0.05, 0) is 6.42 Å². The van der Waals surface area contributed by atoms with Crippen molar-refractivity contribution in [2.24, 2.45) is 0 Å². The standard InChI is InChI=1S/C14H31O4P.K/c1-2-3-4-5-6-7-8-9-10-11-12-13-14-18-19(15,16)17;/h2-14H2,1H3,(H2,15,16,17);/p-2. The largest absolute Gasteiger partial charge is 0.790 e. The number of hydrogen-bond acceptors (Lipinski definition) is 4. The predicted molar refractivity (Wildman–Crippen MR) is 80.4 cm³/mol. The first kappa shape index (κ1) is 24.0. The van der Waals surface area contributed by atoms with Gasteiger partial charge in [-0.2, -0.15) is 0 Å². The minimum Gasteiger partial charge on any atom is -0.790 e. The molecular formula is C14H29KO4P-2. The van der Waals surface area contributed by atoms with E-state index in [0.29, 0.717) is 6.42 Å². The Labute approximate surface area is 167 Å². The fraction of sp³-hybridized carbons (Fsp3) is 1.00. The maximum absolute atomic E-state index is 10.2. The molecule has 0 aromatic heterocycles. The zero-order chi connectivity index (χ0) is 14.4. The van der Waals surface area contributed by atoms with Crippen molar-refractivity contribution in [3.8, 4) is 0 Å². The summed E-state index contributed by atoms with van der Waals surface area (Å²) >= 11 is 0. The van der Waals surface area contributed by atoms with E-state index in [1.54, 1.807) is 0 Å². The van der Waals surface area contributed by atoms with Crippen molar-refractivity contribution in [3.63, 3.8) is 0 Å². The van der Waals surface area contributed by atoms with Crippen LogP contribution in [0.1, 0.15) is 84.0 Å². The van der Waals surface area contributed by atoms with Crippen LogP contribution < -0.4 is 9.79 Å². The molecule has 0 aliphatic heterocycles. The van der Waals surface area contributed by atoms with Crippen LogP contribution in [-0.4, -0.2) is 58.0 Å². The summed E-state index contributed by atoms with van der Waals surface area (Å²) in [6.45, 7) is 2.28. The zero-order valence-electron chi connectivity index (χ0n) is 13.3. The molecule has 0 atom stereocenters. The van der Waals surface area contributed by atoms with Crippen molar-refractivity contribution < 1.29 is 18.9 Å². The molecule has 0 N–H and O–H groups in total. The molecule has 0 saturated carbocycles. The van der Waals surface area contributed by atoms with Gasteiger partial charge in [-0.25, -0.2) is 0 Å². The van der Waals surface area contributed by atoms with Crippen LogP contribution in [0.5, 0.6) is 0 Å². The molecule has 0 bridgehead atoms. The van der Waals surface area contributed by atoms with Gasteiger partial charge in [-0.1, -0.05) is 77.6 Å². The van der Waals surface area contributed by atoms with Gasteiger partial charge in [0.2, 0.25) is 0 Å². The molecule has 117 valence electrons. The molecule has 0 heterocycles. The van der Waals surface area contributed by atoms with Crippen LogP contribution >= 0.6 is 7.82 Å². The number of phosphoric acid groups is 1. The maximum atomic E-state index is 10.2. The van der Waals surface area contributed by atoms with Crippen LogP contribution in [0.25, 0.3) is 0 Å². The minimum absolute atomic E-state index is 0. The van der Waals surface area contributed by atoms with Crippen molar-refractivity contribution in [2.45, 2.75) is 84.0 Å². The van der Waals surface area contributed by atoms with E-state index in [2.05, 4.69) is 11.4 Å². The van der Waals surface area contributed by atoms with E-state index in [9.17, 15) is 14.4 Å². The molecule has 6 heteroatoms. The van der Waals surface area contributed by atoms with Crippen LogP contribution in [0.15, 0.2) is 0 Å². The molecule has 0 aliphatic carbocycles. The third-order valence-electron chi connectivity index (χ3n) is 3.25. The van der Waals surface area contributed by atoms with Gasteiger partial charge in [0.05, 0.1) is 14.4 Å². The molecule has 0 unspecified atom stereocenters. The number of phosphoric ester groups is 1. The van der Waals surface area contributed by atoms with Gasteiger partial charge < -0.3 is 18.9 Å². The molecular weight excluding hydrogens is 302 g/mol. The number of rotatable bonds is 14. The van der Waals surface area contributed by atoms with Gasteiger partial charge in [0.1, 0.15) is 0 Å². The Morgan fingerprint density at radius 2 is 1.10 bits per heavy atom. The van der Waals surface area contributed by atoms with Crippen LogP contribution in [0.3, 0.4) is 0 Å². The first-order chi connectivity index (χ1) is 9.06. The van der Waals surface area contributed by atoms with E-state index in [4.69, 9.17) is 0 Å². The number of unbranched alkanes of at least 4 members (excludes halogenated alkanes) is 11. The van der Waals surface area contributed by atoms with E-state index < -0.39 is 7.82 Å². The second kappa shape index (κ2) is 17.1. The fourth-order valence-electron chi connectivity index (χ4n) is 2.12. The first-order valence-corrected chi connectivity index (χ1v) is 9.19. The van der Waals surface area contributed by atoms with Crippen LogP contribution in [0.2, 0.25) is 0 Å². The van der Waals surface area contributed by atoms with E-state index in [1.807, 2.05) is 0 Å².